The molecule has 0 saturated heterocycles. The summed E-state index contributed by atoms with van der Waals surface area (Å²) in [4.78, 5) is 2.16. The molecule has 0 aromatic heterocycles. The molecule has 5 heteroatoms. The molecular weight excluding hydrogens is 210 g/mol. The third-order valence-corrected chi connectivity index (χ3v) is 2.31. The Kier molecular flexibility index (Phi) is 8.65. The van der Waals surface area contributed by atoms with E-state index in [-0.39, 0.29) is 6.10 Å². The standard InChI is InChI=1S/C10H23N3OS/c1-9(14-4)8-12-10(15)11-6-5-7-13(2)3/h9H,5-8H2,1-4H3,(H2,11,12,15). The first-order valence-electron chi connectivity index (χ1n) is 5.25. The molecule has 1 unspecified atom stereocenters. The molecule has 0 aromatic rings. The summed E-state index contributed by atoms with van der Waals surface area (Å²) >= 11 is 5.11. The maximum absolute atomic E-state index is 5.11. The highest BCUT2D eigenvalue weighted by Gasteiger charge is 2.00. The van der Waals surface area contributed by atoms with Crippen molar-refractivity contribution < 1.29 is 4.74 Å². The van der Waals surface area contributed by atoms with Gasteiger partial charge in [-0.2, -0.15) is 0 Å². The van der Waals surface area contributed by atoms with Crippen LogP contribution in [0.1, 0.15) is 13.3 Å². The van der Waals surface area contributed by atoms with Crippen molar-refractivity contribution in [2.75, 3.05) is 40.8 Å². The molecule has 0 bridgehead atoms. The van der Waals surface area contributed by atoms with Crippen molar-refractivity contribution >= 4 is 17.3 Å². The summed E-state index contributed by atoms with van der Waals surface area (Å²) in [6.45, 7) is 4.73. The quantitative estimate of drug-likeness (QED) is 0.493. The summed E-state index contributed by atoms with van der Waals surface area (Å²) in [5.41, 5.74) is 0. The van der Waals surface area contributed by atoms with Crippen LogP contribution in [0.5, 0.6) is 0 Å². The van der Waals surface area contributed by atoms with Gasteiger partial charge in [-0.15, -0.1) is 0 Å². The molecule has 2 N–H and O–H groups in total. The second kappa shape index (κ2) is 8.88. The van der Waals surface area contributed by atoms with E-state index < -0.39 is 0 Å². The molecule has 0 aliphatic carbocycles. The SMILES string of the molecule is COC(C)CNC(=S)NCCCN(C)C. The molecule has 1 atom stereocenters. The number of methoxy groups -OCH3 is 1. The van der Waals surface area contributed by atoms with Gasteiger partial charge in [0.15, 0.2) is 5.11 Å². The van der Waals surface area contributed by atoms with Crippen LogP contribution >= 0.6 is 12.2 Å². The van der Waals surface area contributed by atoms with Crippen molar-refractivity contribution in [3.63, 3.8) is 0 Å². The molecule has 0 amide bonds. The monoisotopic (exact) mass is 233 g/mol. The lowest BCUT2D eigenvalue weighted by molar-refractivity contribution is 0.121. The lowest BCUT2D eigenvalue weighted by Gasteiger charge is -2.14. The third-order valence-electron chi connectivity index (χ3n) is 2.02. The predicted molar refractivity (Wildman–Crippen MR) is 68.2 cm³/mol. The second-order valence-corrected chi connectivity index (χ2v) is 4.25. The molecule has 0 fully saturated rings. The van der Waals surface area contributed by atoms with E-state index in [1.165, 1.54) is 0 Å². The molecule has 4 nitrogen and oxygen atoms in total. The van der Waals surface area contributed by atoms with E-state index >= 15 is 0 Å². The Hall–Kier alpha value is -0.390. The van der Waals surface area contributed by atoms with E-state index in [1.807, 2.05) is 6.92 Å². The first kappa shape index (κ1) is 14.6. The van der Waals surface area contributed by atoms with Gasteiger partial charge >= 0.3 is 0 Å². The van der Waals surface area contributed by atoms with Gasteiger partial charge in [0.2, 0.25) is 0 Å². The van der Waals surface area contributed by atoms with Crippen LogP contribution in [0.2, 0.25) is 0 Å². The lowest BCUT2D eigenvalue weighted by atomic mass is 10.4. The highest BCUT2D eigenvalue weighted by molar-refractivity contribution is 7.80. The molecule has 0 aromatic carbocycles. The van der Waals surface area contributed by atoms with E-state index in [0.29, 0.717) is 5.11 Å². The highest BCUT2D eigenvalue weighted by atomic mass is 32.1. The Bertz CT molecular complexity index is 176. The van der Waals surface area contributed by atoms with E-state index in [2.05, 4.69) is 29.6 Å². The molecular formula is C10H23N3OS. The fourth-order valence-corrected chi connectivity index (χ4v) is 1.16. The number of nitrogens with one attached hydrogen (secondary N) is 2. The summed E-state index contributed by atoms with van der Waals surface area (Å²) in [5.74, 6) is 0. The Morgan fingerprint density at radius 3 is 2.60 bits per heavy atom. The van der Waals surface area contributed by atoms with Crippen LogP contribution in [-0.4, -0.2) is 57.0 Å². The van der Waals surface area contributed by atoms with Gasteiger partial charge < -0.3 is 20.3 Å². The smallest absolute Gasteiger partial charge is 0.166 e. The average molecular weight is 233 g/mol. The zero-order chi connectivity index (χ0) is 11.7. The summed E-state index contributed by atoms with van der Waals surface area (Å²) in [6.07, 6.45) is 1.28. The Morgan fingerprint density at radius 2 is 2.07 bits per heavy atom. The molecule has 0 aliphatic heterocycles. The van der Waals surface area contributed by atoms with Crippen molar-refractivity contribution in [3.8, 4) is 0 Å². The van der Waals surface area contributed by atoms with E-state index in [4.69, 9.17) is 17.0 Å². The minimum atomic E-state index is 0.187. The van der Waals surface area contributed by atoms with Crippen molar-refractivity contribution in [1.29, 1.82) is 0 Å². The second-order valence-electron chi connectivity index (χ2n) is 3.84. The van der Waals surface area contributed by atoms with Gasteiger partial charge in [-0.25, -0.2) is 0 Å². The number of ether oxygens (including phenoxy) is 1. The Morgan fingerprint density at radius 1 is 1.40 bits per heavy atom. The molecule has 0 rings (SSSR count). The molecule has 90 valence electrons. The largest absolute Gasteiger partial charge is 0.380 e. The molecule has 15 heavy (non-hydrogen) atoms. The van der Waals surface area contributed by atoms with Crippen LogP contribution in [0.4, 0.5) is 0 Å². The summed E-state index contributed by atoms with van der Waals surface area (Å²) in [5, 5.41) is 6.96. The molecule has 0 radical (unpaired) electrons. The maximum atomic E-state index is 5.11. The lowest BCUT2D eigenvalue weighted by Crippen LogP contribution is -2.40. The van der Waals surface area contributed by atoms with Gasteiger partial charge in [0.1, 0.15) is 0 Å². The van der Waals surface area contributed by atoms with Crippen LogP contribution in [0.3, 0.4) is 0 Å². The van der Waals surface area contributed by atoms with Crippen LogP contribution in [-0.2, 0) is 4.74 Å². The minimum absolute atomic E-state index is 0.187. The first-order valence-corrected chi connectivity index (χ1v) is 5.66. The summed E-state index contributed by atoms with van der Waals surface area (Å²) < 4.78 is 5.10. The van der Waals surface area contributed by atoms with Crippen molar-refractivity contribution in [3.05, 3.63) is 0 Å². The van der Waals surface area contributed by atoms with Crippen LogP contribution in [0.15, 0.2) is 0 Å². The average Bonchev–Trinajstić information content (AvgIpc) is 2.20. The fourth-order valence-electron chi connectivity index (χ4n) is 0.979. The van der Waals surface area contributed by atoms with Gasteiger partial charge in [0.05, 0.1) is 6.10 Å². The van der Waals surface area contributed by atoms with E-state index in [0.717, 1.165) is 26.1 Å². The van der Waals surface area contributed by atoms with Gasteiger partial charge in [0.25, 0.3) is 0 Å². The van der Waals surface area contributed by atoms with Crippen LogP contribution < -0.4 is 10.6 Å². The number of rotatable bonds is 7. The van der Waals surface area contributed by atoms with Gasteiger partial charge in [-0.1, -0.05) is 0 Å². The number of hydrogen-bond acceptors (Lipinski definition) is 3. The highest BCUT2D eigenvalue weighted by Crippen LogP contribution is 1.84. The van der Waals surface area contributed by atoms with Crippen molar-refractivity contribution in [1.82, 2.24) is 15.5 Å². The molecule has 0 aliphatic rings. The van der Waals surface area contributed by atoms with E-state index in [1.54, 1.807) is 7.11 Å². The summed E-state index contributed by atoms with van der Waals surface area (Å²) in [6, 6.07) is 0. The summed E-state index contributed by atoms with van der Waals surface area (Å²) in [7, 11) is 5.83. The fraction of sp³-hybridized carbons (Fsp3) is 0.900. The van der Waals surface area contributed by atoms with Gasteiger partial charge in [-0.05, 0) is 46.2 Å². The molecule has 0 heterocycles. The van der Waals surface area contributed by atoms with E-state index in [9.17, 15) is 0 Å². The number of nitrogens with zero attached hydrogens (tertiary/aromatic N) is 1. The van der Waals surface area contributed by atoms with Gasteiger partial charge in [-0.3, -0.25) is 0 Å². The minimum Gasteiger partial charge on any atom is -0.380 e. The number of hydrogen-bond donors (Lipinski definition) is 2. The van der Waals surface area contributed by atoms with Crippen LogP contribution in [0, 0.1) is 0 Å². The van der Waals surface area contributed by atoms with Crippen LogP contribution in [0.25, 0.3) is 0 Å². The Labute approximate surface area is 98.4 Å². The topological polar surface area (TPSA) is 36.5 Å². The number of thiocarbonyl (C=S) groups is 1. The normalized spacial score (nSPS) is 12.6. The third kappa shape index (κ3) is 9.90. The zero-order valence-corrected chi connectivity index (χ0v) is 11.0. The van der Waals surface area contributed by atoms with Gasteiger partial charge in [0, 0.05) is 20.2 Å². The van der Waals surface area contributed by atoms with Crippen molar-refractivity contribution in [2.45, 2.75) is 19.4 Å². The van der Waals surface area contributed by atoms with Crippen molar-refractivity contribution in [2.24, 2.45) is 0 Å². The molecule has 0 saturated carbocycles. The Balaban J connectivity index is 3.34. The first-order chi connectivity index (χ1) is 7.06. The molecule has 0 spiro atoms. The predicted octanol–water partition coefficient (Wildman–Crippen LogP) is 0.437. The zero-order valence-electron chi connectivity index (χ0n) is 10.2. The maximum Gasteiger partial charge on any atom is 0.166 e.